The summed E-state index contributed by atoms with van der Waals surface area (Å²) < 4.78 is 5.99. The van der Waals surface area contributed by atoms with E-state index in [0.717, 1.165) is 23.1 Å². The Labute approximate surface area is 125 Å². The van der Waals surface area contributed by atoms with Gasteiger partial charge >= 0.3 is 0 Å². The molecule has 0 spiro atoms. The number of rotatable bonds is 5. The van der Waals surface area contributed by atoms with Crippen LogP contribution in [0.2, 0.25) is 0 Å². The third kappa shape index (κ3) is 3.26. The Bertz CT molecular complexity index is 689. The first-order chi connectivity index (χ1) is 9.88. The van der Waals surface area contributed by atoms with Gasteiger partial charge in [0, 0.05) is 17.1 Å². The number of H-pyrrole nitrogens is 1. The molecule has 0 fully saturated rings. The minimum atomic E-state index is 0. The van der Waals surface area contributed by atoms with E-state index in [4.69, 9.17) is 10.5 Å². The van der Waals surface area contributed by atoms with Crippen molar-refractivity contribution in [2.24, 2.45) is 5.73 Å². The molecule has 0 bridgehead atoms. The Balaban J connectivity index is 0.00000161. The van der Waals surface area contributed by atoms with E-state index in [-0.39, 0.29) is 7.43 Å². The predicted molar refractivity (Wildman–Crippen MR) is 88.6 cm³/mol. The summed E-state index contributed by atoms with van der Waals surface area (Å²) in [5.74, 6) is 0.913. The van der Waals surface area contributed by atoms with Crippen LogP contribution in [0, 0.1) is 0 Å². The lowest BCUT2D eigenvalue weighted by atomic mass is 10.1. The van der Waals surface area contributed by atoms with Crippen LogP contribution in [0.15, 0.2) is 54.7 Å². The minimum Gasteiger partial charge on any atom is -0.488 e. The van der Waals surface area contributed by atoms with Crippen LogP contribution >= 0.6 is 0 Å². The molecule has 0 saturated carbocycles. The molecule has 0 aliphatic rings. The molecule has 21 heavy (non-hydrogen) atoms. The van der Waals surface area contributed by atoms with Crippen LogP contribution in [0.5, 0.6) is 5.75 Å². The number of benzene rings is 2. The molecule has 3 N–H and O–H groups in total. The SMILES string of the molecule is C.NCCc1c[nH]c2cccc(OCc3ccccc3)c12. The van der Waals surface area contributed by atoms with E-state index in [9.17, 15) is 0 Å². The highest BCUT2D eigenvalue weighted by Gasteiger charge is 2.09. The largest absolute Gasteiger partial charge is 0.488 e. The van der Waals surface area contributed by atoms with E-state index in [0.29, 0.717) is 13.2 Å². The lowest BCUT2D eigenvalue weighted by Gasteiger charge is -2.09. The van der Waals surface area contributed by atoms with Gasteiger partial charge in [-0.25, -0.2) is 0 Å². The van der Waals surface area contributed by atoms with Crippen molar-refractivity contribution in [3.05, 3.63) is 65.9 Å². The van der Waals surface area contributed by atoms with Crippen LogP contribution in [0.4, 0.5) is 0 Å². The minimum absolute atomic E-state index is 0. The fraction of sp³-hybridized carbons (Fsp3) is 0.222. The van der Waals surface area contributed by atoms with Gasteiger partial charge in [-0.2, -0.15) is 0 Å². The van der Waals surface area contributed by atoms with E-state index in [2.05, 4.69) is 23.2 Å². The molecule has 2 aromatic carbocycles. The highest BCUT2D eigenvalue weighted by molar-refractivity contribution is 5.89. The average molecular weight is 282 g/mol. The summed E-state index contributed by atoms with van der Waals surface area (Å²) in [6, 6.07) is 16.3. The second-order valence-corrected chi connectivity index (χ2v) is 4.81. The van der Waals surface area contributed by atoms with E-state index in [1.54, 1.807) is 0 Å². The maximum absolute atomic E-state index is 5.99. The standard InChI is InChI=1S/C17H18N2O.CH4/c18-10-9-14-11-19-15-7-4-8-16(17(14)15)20-12-13-5-2-1-3-6-13;/h1-8,11,19H,9-10,12,18H2;1H4. The maximum Gasteiger partial charge on any atom is 0.129 e. The van der Waals surface area contributed by atoms with Crippen molar-refractivity contribution in [1.82, 2.24) is 4.98 Å². The van der Waals surface area contributed by atoms with Gasteiger partial charge in [0.1, 0.15) is 12.4 Å². The topological polar surface area (TPSA) is 51.0 Å². The molecule has 3 heteroatoms. The van der Waals surface area contributed by atoms with E-state index >= 15 is 0 Å². The molecule has 1 heterocycles. The van der Waals surface area contributed by atoms with Gasteiger partial charge in [0.15, 0.2) is 0 Å². The first kappa shape index (κ1) is 15.1. The number of aromatic nitrogens is 1. The molecule has 0 amide bonds. The van der Waals surface area contributed by atoms with Gasteiger partial charge in [-0.3, -0.25) is 0 Å². The number of fused-ring (bicyclic) bond motifs is 1. The molecule has 0 aliphatic heterocycles. The Morgan fingerprint density at radius 1 is 1.00 bits per heavy atom. The second-order valence-electron chi connectivity index (χ2n) is 4.81. The van der Waals surface area contributed by atoms with Gasteiger partial charge in [-0.15, -0.1) is 0 Å². The summed E-state index contributed by atoms with van der Waals surface area (Å²) in [6.07, 6.45) is 2.87. The van der Waals surface area contributed by atoms with Crippen LogP contribution in [-0.4, -0.2) is 11.5 Å². The number of nitrogens with one attached hydrogen (secondary N) is 1. The fourth-order valence-corrected chi connectivity index (χ4v) is 2.43. The first-order valence-electron chi connectivity index (χ1n) is 6.84. The molecule has 0 atom stereocenters. The van der Waals surface area contributed by atoms with Crippen molar-refractivity contribution in [2.75, 3.05) is 6.54 Å². The van der Waals surface area contributed by atoms with Gasteiger partial charge in [0.25, 0.3) is 0 Å². The molecule has 0 aliphatic carbocycles. The quantitative estimate of drug-likeness (QED) is 0.746. The van der Waals surface area contributed by atoms with Gasteiger partial charge in [0.2, 0.25) is 0 Å². The monoisotopic (exact) mass is 282 g/mol. The van der Waals surface area contributed by atoms with Crippen molar-refractivity contribution < 1.29 is 4.74 Å². The molecule has 0 saturated heterocycles. The summed E-state index contributed by atoms with van der Waals surface area (Å²) in [6.45, 7) is 1.22. The molecule has 0 unspecified atom stereocenters. The Morgan fingerprint density at radius 3 is 2.57 bits per heavy atom. The van der Waals surface area contributed by atoms with Crippen molar-refractivity contribution in [1.29, 1.82) is 0 Å². The maximum atomic E-state index is 5.99. The zero-order valence-electron chi connectivity index (χ0n) is 11.3. The van der Waals surface area contributed by atoms with E-state index in [1.807, 2.05) is 36.5 Å². The number of nitrogens with two attached hydrogens (primary N) is 1. The normalized spacial score (nSPS) is 10.3. The van der Waals surface area contributed by atoms with Crippen molar-refractivity contribution in [3.63, 3.8) is 0 Å². The highest BCUT2D eigenvalue weighted by atomic mass is 16.5. The van der Waals surface area contributed by atoms with Gasteiger partial charge in [-0.1, -0.05) is 43.8 Å². The van der Waals surface area contributed by atoms with Crippen LogP contribution in [0.3, 0.4) is 0 Å². The average Bonchev–Trinajstić information content (AvgIpc) is 2.91. The first-order valence-corrected chi connectivity index (χ1v) is 6.84. The zero-order valence-corrected chi connectivity index (χ0v) is 11.3. The second kappa shape index (κ2) is 6.95. The van der Waals surface area contributed by atoms with E-state index < -0.39 is 0 Å². The molecular weight excluding hydrogens is 260 g/mol. The summed E-state index contributed by atoms with van der Waals surface area (Å²) in [5, 5.41) is 1.15. The lowest BCUT2D eigenvalue weighted by molar-refractivity contribution is 0.310. The summed E-state index contributed by atoms with van der Waals surface area (Å²) in [7, 11) is 0. The van der Waals surface area contributed by atoms with Gasteiger partial charge in [-0.05, 0) is 36.2 Å². The van der Waals surface area contributed by atoms with Crippen LogP contribution < -0.4 is 10.5 Å². The van der Waals surface area contributed by atoms with E-state index in [1.165, 1.54) is 11.1 Å². The molecular formula is C18H22N2O. The molecule has 1 aromatic heterocycles. The fourth-order valence-electron chi connectivity index (χ4n) is 2.43. The Morgan fingerprint density at radius 2 is 1.81 bits per heavy atom. The highest BCUT2D eigenvalue weighted by Crippen LogP contribution is 2.29. The molecule has 3 rings (SSSR count). The molecule has 0 radical (unpaired) electrons. The number of aromatic amines is 1. The third-order valence-corrected chi connectivity index (χ3v) is 3.40. The summed E-state index contributed by atoms with van der Waals surface area (Å²) >= 11 is 0. The molecule has 3 aromatic rings. The zero-order chi connectivity index (χ0) is 13.8. The molecule has 3 nitrogen and oxygen atoms in total. The summed E-state index contributed by atoms with van der Waals surface area (Å²) in [4.78, 5) is 3.28. The smallest absolute Gasteiger partial charge is 0.129 e. The van der Waals surface area contributed by atoms with Crippen molar-refractivity contribution in [3.8, 4) is 5.75 Å². The lowest BCUT2D eigenvalue weighted by Crippen LogP contribution is -2.02. The third-order valence-electron chi connectivity index (χ3n) is 3.40. The Hall–Kier alpha value is -2.26. The number of hydrogen-bond acceptors (Lipinski definition) is 2. The van der Waals surface area contributed by atoms with Crippen molar-refractivity contribution in [2.45, 2.75) is 20.5 Å². The summed E-state index contributed by atoms with van der Waals surface area (Å²) in [5.41, 5.74) is 9.15. The van der Waals surface area contributed by atoms with Crippen LogP contribution in [-0.2, 0) is 13.0 Å². The predicted octanol–water partition coefficient (Wildman–Crippen LogP) is 3.88. The van der Waals surface area contributed by atoms with Crippen molar-refractivity contribution >= 4 is 10.9 Å². The number of hydrogen-bond donors (Lipinski definition) is 2. The van der Waals surface area contributed by atoms with Crippen LogP contribution in [0.25, 0.3) is 10.9 Å². The Kier molecular flexibility index (Phi) is 5.01. The van der Waals surface area contributed by atoms with Gasteiger partial charge in [0.05, 0.1) is 0 Å². The van der Waals surface area contributed by atoms with Crippen LogP contribution in [0.1, 0.15) is 18.6 Å². The van der Waals surface area contributed by atoms with Gasteiger partial charge < -0.3 is 15.5 Å². The molecule has 110 valence electrons. The number of ether oxygens (including phenoxy) is 1.